The molecule has 0 aromatic heterocycles. The number of benzene rings is 1. The molecule has 0 spiro atoms. The molecule has 0 fully saturated rings. The van der Waals surface area contributed by atoms with Crippen LogP contribution in [0.5, 0.6) is 5.75 Å². The highest BCUT2D eigenvalue weighted by Gasteiger charge is 2.17. The van der Waals surface area contributed by atoms with Crippen LogP contribution in [-0.2, 0) is 5.11 Å². The third-order valence-corrected chi connectivity index (χ3v) is 1.63. The number of halogens is 1. The zero-order chi connectivity index (χ0) is 10.1. The van der Waals surface area contributed by atoms with E-state index in [0.717, 1.165) is 6.07 Å². The molecule has 1 aromatic carbocycles. The Morgan fingerprint density at radius 1 is 1.31 bits per heavy atom. The Bertz CT molecular complexity index is 309. The number of hydrogen-bond acceptors (Lipinski definition) is 1. The SMILES string of the molecule is [B]C([B])([B])c1cc(F)ccc1OC. The summed E-state index contributed by atoms with van der Waals surface area (Å²) in [5, 5.41) is -1.59. The fourth-order valence-corrected chi connectivity index (χ4v) is 1.02. The predicted molar refractivity (Wildman–Crippen MR) is 51.9 cm³/mol. The van der Waals surface area contributed by atoms with Gasteiger partial charge in [-0.2, -0.15) is 0 Å². The van der Waals surface area contributed by atoms with E-state index in [0.29, 0.717) is 5.75 Å². The number of ether oxygens (including phenoxy) is 1. The van der Waals surface area contributed by atoms with Crippen molar-refractivity contribution in [3.63, 3.8) is 0 Å². The molecule has 1 nitrogen and oxygen atoms in total. The van der Waals surface area contributed by atoms with Crippen molar-refractivity contribution in [3.05, 3.63) is 29.6 Å². The molecule has 60 valence electrons. The summed E-state index contributed by atoms with van der Waals surface area (Å²) in [6, 6.07) is 3.82. The summed E-state index contributed by atoms with van der Waals surface area (Å²) >= 11 is 0. The van der Waals surface area contributed by atoms with Crippen LogP contribution < -0.4 is 4.74 Å². The van der Waals surface area contributed by atoms with Crippen LogP contribution in [0.1, 0.15) is 5.56 Å². The molecule has 0 atom stereocenters. The Kier molecular flexibility index (Phi) is 2.74. The highest BCUT2D eigenvalue weighted by Crippen LogP contribution is 2.26. The maximum Gasteiger partial charge on any atom is 0.123 e. The topological polar surface area (TPSA) is 9.23 Å². The largest absolute Gasteiger partial charge is 0.497 e. The van der Waals surface area contributed by atoms with Gasteiger partial charge in [-0.05, 0) is 23.8 Å². The van der Waals surface area contributed by atoms with Crippen LogP contribution in [0.4, 0.5) is 4.39 Å². The Morgan fingerprint density at radius 3 is 2.38 bits per heavy atom. The molecule has 0 amide bonds. The smallest absolute Gasteiger partial charge is 0.123 e. The van der Waals surface area contributed by atoms with Crippen molar-refractivity contribution in [3.8, 4) is 5.75 Å². The molecule has 0 saturated heterocycles. The van der Waals surface area contributed by atoms with E-state index in [1.54, 1.807) is 0 Å². The summed E-state index contributed by atoms with van der Waals surface area (Å²) in [5.74, 6) is -0.0876. The van der Waals surface area contributed by atoms with Crippen LogP contribution in [0.3, 0.4) is 0 Å². The highest BCUT2D eigenvalue weighted by atomic mass is 19.1. The summed E-state index contributed by atoms with van der Waals surface area (Å²) in [5.41, 5.74) is 0.231. The molecule has 0 heterocycles. The Balaban J connectivity index is 3.24. The molecule has 13 heavy (non-hydrogen) atoms. The molecule has 0 saturated carbocycles. The molecule has 5 heteroatoms. The van der Waals surface area contributed by atoms with E-state index in [4.69, 9.17) is 28.3 Å². The van der Waals surface area contributed by atoms with Crippen molar-refractivity contribution in [1.29, 1.82) is 0 Å². The molecule has 6 radical (unpaired) electrons. The standard InChI is InChI=1S/C8H6B3FO/c1-13-7-3-2-5(12)4-6(7)8(9,10)11/h2-4H,1H3. The lowest BCUT2D eigenvalue weighted by Crippen LogP contribution is -2.27. The summed E-state index contributed by atoms with van der Waals surface area (Å²) in [4.78, 5) is 0. The maximum absolute atomic E-state index is 12.8. The van der Waals surface area contributed by atoms with Crippen LogP contribution in [0, 0.1) is 5.82 Å². The van der Waals surface area contributed by atoms with Crippen molar-refractivity contribution in [2.45, 2.75) is 5.11 Å². The summed E-state index contributed by atoms with van der Waals surface area (Å²) in [6.07, 6.45) is 0. The van der Waals surface area contributed by atoms with E-state index >= 15 is 0 Å². The van der Waals surface area contributed by atoms with Crippen molar-refractivity contribution < 1.29 is 9.13 Å². The molecule has 0 bridgehead atoms. The second kappa shape index (κ2) is 3.48. The van der Waals surface area contributed by atoms with Crippen molar-refractivity contribution in [2.75, 3.05) is 7.11 Å². The molecule has 1 aromatic rings. The minimum Gasteiger partial charge on any atom is -0.497 e. The van der Waals surface area contributed by atoms with Gasteiger partial charge in [-0.25, -0.2) is 4.39 Å². The highest BCUT2D eigenvalue weighted by molar-refractivity contribution is 6.59. The summed E-state index contributed by atoms with van der Waals surface area (Å²) in [6.45, 7) is 0. The minimum absolute atomic E-state index is 0.231. The van der Waals surface area contributed by atoms with Crippen molar-refractivity contribution in [1.82, 2.24) is 0 Å². The molecule has 0 unspecified atom stereocenters. The maximum atomic E-state index is 12.8. The first-order valence-electron chi connectivity index (χ1n) is 3.66. The van der Waals surface area contributed by atoms with Crippen LogP contribution in [-0.4, -0.2) is 30.6 Å². The Hall–Kier alpha value is -0.855. The van der Waals surface area contributed by atoms with E-state index in [2.05, 4.69) is 0 Å². The number of methoxy groups -OCH3 is 1. The quantitative estimate of drug-likeness (QED) is 0.585. The predicted octanol–water partition coefficient (Wildman–Crippen LogP) is 0.450. The van der Waals surface area contributed by atoms with Crippen LogP contribution >= 0.6 is 0 Å². The second-order valence-electron chi connectivity index (χ2n) is 2.78. The van der Waals surface area contributed by atoms with E-state index in [-0.39, 0.29) is 5.56 Å². The van der Waals surface area contributed by atoms with Gasteiger partial charge in [0.25, 0.3) is 0 Å². The first-order valence-corrected chi connectivity index (χ1v) is 3.66. The third-order valence-electron chi connectivity index (χ3n) is 1.63. The Morgan fingerprint density at radius 2 is 1.92 bits per heavy atom. The molecule has 0 aliphatic rings. The first kappa shape index (κ1) is 10.2. The van der Waals surface area contributed by atoms with E-state index < -0.39 is 10.9 Å². The van der Waals surface area contributed by atoms with Crippen LogP contribution in [0.25, 0.3) is 0 Å². The summed E-state index contributed by atoms with van der Waals surface area (Å²) in [7, 11) is 17.7. The van der Waals surface area contributed by atoms with Gasteiger partial charge in [0.2, 0.25) is 0 Å². The minimum atomic E-state index is -1.59. The van der Waals surface area contributed by atoms with Crippen LogP contribution in [0.15, 0.2) is 18.2 Å². The monoisotopic (exact) mass is 170 g/mol. The van der Waals surface area contributed by atoms with E-state index in [9.17, 15) is 4.39 Å². The fourth-order valence-electron chi connectivity index (χ4n) is 1.02. The molecule has 0 aliphatic heterocycles. The Labute approximate surface area is 80.9 Å². The van der Waals surface area contributed by atoms with Crippen molar-refractivity contribution >= 4 is 23.5 Å². The van der Waals surface area contributed by atoms with Gasteiger partial charge in [0, 0.05) is 0 Å². The molecular weight excluding hydrogens is 164 g/mol. The van der Waals surface area contributed by atoms with Gasteiger partial charge in [-0.1, -0.05) is 0 Å². The average Bonchev–Trinajstić information content (AvgIpc) is 2.03. The van der Waals surface area contributed by atoms with Gasteiger partial charge in [0.1, 0.15) is 11.6 Å². The average molecular weight is 170 g/mol. The molecule has 0 aliphatic carbocycles. The van der Waals surface area contributed by atoms with Gasteiger partial charge in [-0.3, -0.25) is 0 Å². The lowest BCUT2D eigenvalue weighted by Gasteiger charge is -2.23. The third kappa shape index (κ3) is 2.30. The van der Waals surface area contributed by atoms with Gasteiger partial charge < -0.3 is 4.74 Å². The molecular formula is C8H6B3FO. The fraction of sp³-hybridized carbons (Fsp3) is 0.250. The van der Waals surface area contributed by atoms with E-state index in [1.807, 2.05) is 0 Å². The van der Waals surface area contributed by atoms with Gasteiger partial charge in [0.15, 0.2) is 0 Å². The van der Waals surface area contributed by atoms with Gasteiger partial charge >= 0.3 is 0 Å². The zero-order valence-corrected chi connectivity index (χ0v) is 7.25. The van der Waals surface area contributed by atoms with Crippen molar-refractivity contribution in [2.24, 2.45) is 0 Å². The number of rotatable bonds is 2. The molecule has 1 rings (SSSR count). The zero-order valence-electron chi connectivity index (χ0n) is 7.25. The van der Waals surface area contributed by atoms with Gasteiger partial charge in [-0.15, -0.1) is 5.11 Å². The van der Waals surface area contributed by atoms with Gasteiger partial charge in [0.05, 0.1) is 30.6 Å². The number of hydrogen-bond donors (Lipinski definition) is 0. The lowest BCUT2D eigenvalue weighted by atomic mass is 9.40. The summed E-state index contributed by atoms with van der Waals surface area (Å²) < 4.78 is 17.7. The first-order chi connectivity index (χ1) is 5.95. The lowest BCUT2D eigenvalue weighted by molar-refractivity contribution is 0.409. The normalized spacial score (nSPS) is 11.2. The van der Waals surface area contributed by atoms with Crippen LogP contribution in [0.2, 0.25) is 0 Å². The van der Waals surface area contributed by atoms with E-state index in [1.165, 1.54) is 19.2 Å². The molecule has 0 N–H and O–H groups in total. The second-order valence-corrected chi connectivity index (χ2v) is 2.78.